The molecule has 2 N–H and O–H groups in total. The average molecular weight is 626 g/mol. The first-order valence-electron chi connectivity index (χ1n) is 15.0. The van der Waals surface area contributed by atoms with Crippen molar-refractivity contribution >= 4 is 56.1 Å². The SMILES string of the molecule is Cc1cc(C)c(Nc2cc(C)c(N=Nc3c(C#N)c(C)nn3-c3nc4ccccc4s3)c(Nc3c(C)cc(C)cc3C)n2)c(C)c1. The van der Waals surface area contributed by atoms with Gasteiger partial charge in [0.15, 0.2) is 11.6 Å². The second-order valence-electron chi connectivity index (χ2n) is 11.8. The largest absolute Gasteiger partial charge is 0.340 e. The van der Waals surface area contributed by atoms with Gasteiger partial charge in [-0.15, -0.1) is 10.2 Å². The Bertz CT molecular complexity index is 2140. The standard InChI is InChI=1S/C36H35N9S/c1-19-13-21(3)31(22(4)14-19)39-30-17-25(7)33(34(40-30)41-32-23(5)15-20(2)16-24(32)6)42-43-35-27(18-37)26(8)44-45(35)36-38-28-11-9-10-12-29(28)46-36/h9-17H,1-8H3,(H2,39,40,41). The summed E-state index contributed by atoms with van der Waals surface area (Å²) >= 11 is 1.48. The Balaban J connectivity index is 1.48. The molecule has 6 rings (SSSR count). The molecule has 9 nitrogen and oxygen atoms in total. The predicted octanol–water partition coefficient (Wildman–Crippen LogP) is 10.1. The molecule has 0 unspecified atom stereocenters. The van der Waals surface area contributed by atoms with Gasteiger partial charge in [0.05, 0.1) is 15.9 Å². The van der Waals surface area contributed by atoms with Gasteiger partial charge < -0.3 is 10.6 Å². The molecule has 0 aliphatic heterocycles. The van der Waals surface area contributed by atoms with Gasteiger partial charge in [0.2, 0.25) is 5.13 Å². The van der Waals surface area contributed by atoms with Crippen molar-refractivity contribution in [1.82, 2.24) is 19.7 Å². The number of rotatable bonds is 7. The van der Waals surface area contributed by atoms with Gasteiger partial charge >= 0.3 is 0 Å². The summed E-state index contributed by atoms with van der Waals surface area (Å²) in [4.78, 5) is 9.78. The molecular formula is C36H35N9S. The van der Waals surface area contributed by atoms with Crippen LogP contribution >= 0.6 is 11.3 Å². The maximum Gasteiger partial charge on any atom is 0.213 e. The Kier molecular flexibility index (Phi) is 8.11. The van der Waals surface area contributed by atoms with Crippen molar-refractivity contribution in [3.05, 3.63) is 105 Å². The minimum Gasteiger partial charge on any atom is -0.340 e. The number of nitriles is 1. The fraction of sp³-hybridized carbons (Fsp3) is 0.222. The van der Waals surface area contributed by atoms with Crippen LogP contribution in [0.25, 0.3) is 15.3 Å². The van der Waals surface area contributed by atoms with Crippen LogP contribution in [0.1, 0.15) is 50.2 Å². The van der Waals surface area contributed by atoms with E-state index in [2.05, 4.69) is 92.7 Å². The topological polar surface area (TPSA) is 116 Å². The van der Waals surface area contributed by atoms with E-state index in [1.807, 2.05) is 37.3 Å². The number of hydrogen-bond donors (Lipinski definition) is 2. The molecule has 6 aromatic rings. The summed E-state index contributed by atoms with van der Waals surface area (Å²) in [5.41, 5.74) is 12.0. The predicted molar refractivity (Wildman–Crippen MR) is 187 cm³/mol. The Morgan fingerprint density at radius 2 is 1.35 bits per heavy atom. The van der Waals surface area contributed by atoms with Crippen molar-refractivity contribution in [2.24, 2.45) is 10.2 Å². The molecule has 230 valence electrons. The Labute approximate surface area is 272 Å². The number of hydrogen-bond acceptors (Lipinski definition) is 9. The number of aromatic nitrogens is 4. The van der Waals surface area contributed by atoms with E-state index < -0.39 is 0 Å². The van der Waals surface area contributed by atoms with E-state index in [0.29, 0.717) is 39.5 Å². The molecule has 3 aromatic carbocycles. The number of thiazole rings is 1. The third kappa shape index (κ3) is 5.85. The van der Waals surface area contributed by atoms with Gasteiger partial charge in [-0.05, 0) is 101 Å². The summed E-state index contributed by atoms with van der Waals surface area (Å²) in [6, 6.07) is 20.7. The van der Waals surface area contributed by atoms with Crippen LogP contribution in [-0.4, -0.2) is 19.7 Å². The molecule has 0 saturated carbocycles. The van der Waals surface area contributed by atoms with E-state index in [-0.39, 0.29) is 0 Å². The zero-order chi connectivity index (χ0) is 32.7. The quantitative estimate of drug-likeness (QED) is 0.171. The number of pyridine rings is 1. The van der Waals surface area contributed by atoms with Gasteiger partial charge in [-0.3, -0.25) is 0 Å². The highest BCUT2D eigenvalue weighted by atomic mass is 32.1. The third-order valence-corrected chi connectivity index (χ3v) is 8.90. The summed E-state index contributed by atoms with van der Waals surface area (Å²) in [6.45, 7) is 16.3. The molecule has 0 atom stereocenters. The van der Waals surface area contributed by atoms with E-state index in [1.54, 1.807) is 11.6 Å². The van der Waals surface area contributed by atoms with Crippen molar-refractivity contribution in [3.63, 3.8) is 0 Å². The monoisotopic (exact) mass is 625 g/mol. The number of fused-ring (bicyclic) bond motifs is 1. The maximum atomic E-state index is 10.1. The lowest BCUT2D eigenvalue weighted by atomic mass is 10.0. The van der Waals surface area contributed by atoms with Crippen LogP contribution in [-0.2, 0) is 0 Å². The first-order valence-corrected chi connectivity index (χ1v) is 15.8. The zero-order valence-electron chi connectivity index (χ0n) is 27.2. The second kappa shape index (κ2) is 12.2. The molecule has 0 amide bonds. The van der Waals surface area contributed by atoms with E-state index in [0.717, 1.165) is 49.4 Å². The number of nitrogens with zero attached hydrogens (tertiary/aromatic N) is 7. The van der Waals surface area contributed by atoms with Crippen molar-refractivity contribution in [3.8, 4) is 11.2 Å². The summed E-state index contributed by atoms with van der Waals surface area (Å²) in [7, 11) is 0. The Morgan fingerprint density at radius 1 is 0.739 bits per heavy atom. The molecule has 0 fully saturated rings. The number of anilines is 4. The summed E-state index contributed by atoms with van der Waals surface area (Å²) < 4.78 is 2.62. The molecule has 3 heterocycles. The number of nitrogens with one attached hydrogen (secondary N) is 2. The Hall–Kier alpha value is -5.40. The lowest BCUT2D eigenvalue weighted by Gasteiger charge is -2.18. The Morgan fingerprint density at radius 3 is 1.96 bits per heavy atom. The summed E-state index contributed by atoms with van der Waals surface area (Å²) in [5, 5.41) is 31.8. The van der Waals surface area contributed by atoms with Crippen LogP contribution in [0, 0.1) is 66.7 Å². The second-order valence-corrected chi connectivity index (χ2v) is 12.8. The zero-order valence-corrected chi connectivity index (χ0v) is 28.1. The first kappa shape index (κ1) is 30.6. The highest BCUT2D eigenvalue weighted by molar-refractivity contribution is 7.20. The maximum absolute atomic E-state index is 10.1. The minimum absolute atomic E-state index is 0.320. The van der Waals surface area contributed by atoms with E-state index in [9.17, 15) is 5.26 Å². The van der Waals surface area contributed by atoms with E-state index in [4.69, 9.17) is 15.1 Å². The van der Waals surface area contributed by atoms with Crippen molar-refractivity contribution in [1.29, 1.82) is 5.26 Å². The first-order chi connectivity index (χ1) is 22.0. The molecule has 0 radical (unpaired) electrons. The van der Waals surface area contributed by atoms with E-state index in [1.165, 1.54) is 22.5 Å². The van der Waals surface area contributed by atoms with Crippen LogP contribution in [0.2, 0.25) is 0 Å². The number of aryl methyl sites for hydroxylation is 8. The normalized spacial score (nSPS) is 11.4. The molecule has 0 aliphatic rings. The molecule has 46 heavy (non-hydrogen) atoms. The van der Waals surface area contributed by atoms with Crippen LogP contribution in [0.3, 0.4) is 0 Å². The molecule has 0 aliphatic carbocycles. The number of benzene rings is 3. The van der Waals surface area contributed by atoms with Crippen LogP contribution in [0.4, 0.5) is 34.5 Å². The van der Waals surface area contributed by atoms with Gasteiger partial charge in [-0.2, -0.15) is 15.0 Å². The third-order valence-electron chi connectivity index (χ3n) is 7.89. The van der Waals surface area contributed by atoms with Gasteiger partial charge in [0.25, 0.3) is 0 Å². The smallest absolute Gasteiger partial charge is 0.213 e. The fourth-order valence-corrected chi connectivity index (χ4v) is 6.78. The summed E-state index contributed by atoms with van der Waals surface area (Å²) in [6.07, 6.45) is 0. The molecule has 3 aromatic heterocycles. The van der Waals surface area contributed by atoms with E-state index >= 15 is 0 Å². The van der Waals surface area contributed by atoms with Gasteiger partial charge in [-0.1, -0.05) is 58.9 Å². The number of para-hydroxylation sites is 1. The van der Waals surface area contributed by atoms with Gasteiger partial charge in [0, 0.05) is 11.4 Å². The van der Waals surface area contributed by atoms with Gasteiger partial charge in [-0.25, -0.2) is 9.97 Å². The molecule has 0 saturated heterocycles. The average Bonchev–Trinajstić information content (AvgIpc) is 3.56. The van der Waals surface area contributed by atoms with Crippen molar-refractivity contribution in [2.45, 2.75) is 55.4 Å². The molecule has 0 bridgehead atoms. The van der Waals surface area contributed by atoms with Crippen molar-refractivity contribution < 1.29 is 0 Å². The van der Waals surface area contributed by atoms with Crippen LogP contribution in [0.5, 0.6) is 0 Å². The summed E-state index contributed by atoms with van der Waals surface area (Å²) in [5.74, 6) is 1.55. The van der Waals surface area contributed by atoms with Crippen LogP contribution in [0.15, 0.2) is 64.8 Å². The molecule has 0 spiro atoms. The lowest BCUT2D eigenvalue weighted by molar-refractivity contribution is 0.848. The highest BCUT2D eigenvalue weighted by Crippen LogP contribution is 2.38. The molecule has 10 heteroatoms. The lowest BCUT2D eigenvalue weighted by Crippen LogP contribution is -2.04. The number of azo groups is 1. The molecular weight excluding hydrogens is 591 g/mol. The van der Waals surface area contributed by atoms with Crippen molar-refractivity contribution in [2.75, 3.05) is 10.6 Å². The minimum atomic E-state index is 0.320. The van der Waals surface area contributed by atoms with Crippen LogP contribution < -0.4 is 10.6 Å². The van der Waals surface area contributed by atoms with Gasteiger partial charge in [0.1, 0.15) is 23.1 Å². The highest BCUT2D eigenvalue weighted by Gasteiger charge is 2.20. The fourth-order valence-electron chi connectivity index (χ4n) is 5.86.